The molecule has 3 rings (SSSR count). The first-order chi connectivity index (χ1) is 13.3. The topological polar surface area (TPSA) is 79.4 Å². The van der Waals surface area contributed by atoms with Gasteiger partial charge in [-0.2, -0.15) is 0 Å². The number of rotatable bonds is 6. The zero-order valence-corrected chi connectivity index (χ0v) is 17.1. The second kappa shape index (κ2) is 8.56. The van der Waals surface area contributed by atoms with Crippen molar-refractivity contribution < 1.29 is 14.4 Å². The Labute approximate surface area is 168 Å². The number of nitrogens with zero attached hydrogens (tertiary/aromatic N) is 2. The van der Waals surface area contributed by atoms with Gasteiger partial charge in [0.1, 0.15) is 5.03 Å². The third-order valence-electron chi connectivity index (χ3n) is 4.54. The van der Waals surface area contributed by atoms with E-state index in [-0.39, 0.29) is 17.6 Å². The highest BCUT2D eigenvalue weighted by atomic mass is 32.2. The van der Waals surface area contributed by atoms with Crippen LogP contribution in [0.4, 0.5) is 11.4 Å². The van der Waals surface area contributed by atoms with Crippen LogP contribution in [0.15, 0.2) is 35.4 Å². The first-order valence-electron chi connectivity index (χ1n) is 9.17. The molecular weight excluding hydrogens is 374 g/mol. The van der Waals surface area contributed by atoms with Crippen molar-refractivity contribution in [3.05, 3.63) is 47.2 Å². The van der Waals surface area contributed by atoms with Gasteiger partial charge in [0.05, 0.1) is 11.4 Å². The molecule has 1 aromatic heterocycles. The third-order valence-corrected chi connectivity index (χ3v) is 5.49. The van der Waals surface area contributed by atoms with E-state index in [0.717, 1.165) is 22.0 Å². The van der Waals surface area contributed by atoms with Gasteiger partial charge in [0.25, 0.3) is 0 Å². The summed E-state index contributed by atoms with van der Waals surface area (Å²) in [5.74, 6) is 0.291. The van der Waals surface area contributed by atoms with Crippen LogP contribution in [-0.2, 0) is 9.59 Å². The minimum atomic E-state index is -0.117. The number of hydrogen-bond donors (Lipinski definition) is 1. The summed E-state index contributed by atoms with van der Waals surface area (Å²) in [4.78, 5) is 42.2. The van der Waals surface area contributed by atoms with E-state index in [1.807, 2.05) is 19.9 Å². The Kier molecular flexibility index (Phi) is 6.14. The summed E-state index contributed by atoms with van der Waals surface area (Å²) in [6.45, 7) is 5.92. The predicted molar refractivity (Wildman–Crippen MR) is 111 cm³/mol. The quantitative estimate of drug-likeness (QED) is 0.751. The van der Waals surface area contributed by atoms with Crippen LogP contribution in [0.2, 0.25) is 0 Å². The van der Waals surface area contributed by atoms with Gasteiger partial charge in [0, 0.05) is 29.9 Å². The number of aryl methyl sites for hydroxylation is 2. The molecule has 2 heterocycles. The molecule has 0 unspecified atom stereocenters. The summed E-state index contributed by atoms with van der Waals surface area (Å²) in [6.07, 6.45) is 0.861. The molecule has 0 bridgehead atoms. The SMILES string of the molecule is CC(=O)c1ccc(NC(=O)CCCN2C(=O)CSc3nc(C)cc(C)c32)cc1. The van der Waals surface area contributed by atoms with E-state index in [0.29, 0.717) is 36.4 Å². The van der Waals surface area contributed by atoms with E-state index in [2.05, 4.69) is 10.3 Å². The molecule has 0 radical (unpaired) electrons. The molecule has 7 heteroatoms. The van der Waals surface area contributed by atoms with Crippen molar-refractivity contribution >= 4 is 40.7 Å². The van der Waals surface area contributed by atoms with Crippen LogP contribution in [0.5, 0.6) is 0 Å². The first-order valence-corrected chi connectivity index (χ1v) is 10.2. The van der Waals surface area contributed by atoms with Crippen molar-refractivity contribution in [2.24, 2.45) is 0 Å². The Bertz CT molecular complexity index is 925. The highest BCUT2D eigenvalue weighted by Gasteiger charge is 2.27. The summed E-state index contributed by atoms with van der Waals surface area (Å²) in [5, 5.41) is 3.71. The van der Waals surface area contributed by atoms with Crippen LogP contribution >= 0.6 is 11.8 Å². The van der Waals surface area contributed by atoms with Crippen LogP contribution in [0, 0.1) is 13.8 Å². The monoisotopic (exact) mass is 397 g/mol. The van der Waals surface area contributed by atoms with Gasteiger partial charge < -0.3 is 10.2 Å². The molecule has 0 aliphatic carbocycles. The third kappa shape index (κ3) is 4.59. The maximum atomic E-state index is 12.4. The molecule has 28 heavy (non-hydrogen) atoms. The lowest BCUT2D eigenvalue weighted by Crippen LogP contribution is -2.37. The molecule has 6 nitrogen and oxygen atoms in total. The Morgan fingerprint density at radius 3 is 2.61 bits per heavy atom. The summed E-state index contributed by atoms with van der Waals surface area (Å²) in [6, 6.07) is 8.79. The molecule has 2 aromatic rings. The van der Waals surface area contributed by atoms with Gasteiger partial charge in [-0.25, -0.2) is 4.98 Å². The number of amides is 2. The second-order valence-corrected chi connectivity index (χ2v) is 7.82. The molecule has 146 valence electrons. The van der Waals surface area contributed by atoms with Gasteiger partial charge in [-0.3, -0.25) is 14.4 Å². The zero-order chi connectivity index (χ0) is 20.3. The summed E-state index contributed by atoms with van der Waals surface area (Å²) < 4.78 is 0. The van der Waals surface area contributed by atoms with Crippen molar-refractivity contribution in [2.45, 2.75) is 38.6 Å². The maximum Gasteiger partial charge on any atom is 0.237 e. The van der Waals surface area contributed by atoms with Crippen LogP contribution in [0.3, 0.4) is 0 Å². The number of aromatic nitrogens is 1. The molecule has 0 saturated heterocycles. The zero-order valence-electron chi connectivity index (χ0n) is 16.2. The van der Waals surface area contributed by atoms with E-state index in [4.69, 9.17) is 0 Å². The molecule has 1 aromatic carbocycles. The standard InChI is InChI=1S/C21H23N3O3S/c1-13-11-14(2)22-21-20(13)24(19(27)12-28-21)10-4-5-18(26)23-17-8-6-16(7-9-17)15(3)25/h6-9,11H,4-5,10,12H2,1-3H3,(H,23,26). The number of fused-ring (bicyclic) bond motifs is 1. The average molecular weight is 398 g/mol. The van der Waals surface area contributed by atoms with Crippen molar-refractivity contribution in [3.63, 3.8) is 0 Å². The number of hydrogen-bond acceptors (Lipinski definition) is 5. The number of benzene rings is 1. The first kappa shape index (κ1) is 20.1. The highest BCUT2D eigenvalue weighted by Crippen LogP contribution is 2.36. The Morgan fingerprint density at radius 2 is 1.93 bits per heavy atom. The van der Waals surface area contributed by atoms with E-state index < -0.39 is 0 Å². The minimum Gasteiger partial charge on any atom is -0.326 e. The molecule has 0 atom stereocenters. The number of carbonyl (C=O) groups excluding carboxylic acids is 3. The fraction of sp³-hybridized carbons (Fsp3) is 0.333. The number of Topliss-reactive ketones (excluding diaryl/α,β-unsaturated/α-hetero) is 1. The number of ketones is 1. The summed E-state index contributed by atoms with van der Waals surface area (Å²) in [7, 11) is 0. The molecule has 0 saturated carbocycles. The second-order valence-electron chi connectivity index (χ2n) is 6.85. The molecule has 1 aliphatic heterocycles. The molecule has 1 aliphatic rings. The van der Waals surface area contributed by atoms with Crippen LogP contribution in [0.1, 0.15) is 41.4 Å². The fourth-order valence-corrected chi connectivity index (χ4v) is 4.24. The Morgan fingerprint density at radius 1 is 1.21 bits per heavy atom. The van der Waals surface area contributed by atoms with Crippen molar-refractivity contribution in [2.75, 3.05) is 22.5 Å². The van der Waals surface area contributed by atoms with Gasteiger partial charge in [0.2, 0.25) is 11.8 Å². The Hall–Kier alpha value is -2.67. The predicted octanol–water partition coefficient (Wildman–Crippen LogP) is 3.76. The summed E-state index contributed by atoms with van der Waals surface area (Å²) in [5.41, 5.74) is 4.09. The number of pyridine rings is 1. The van der Waals surface area contributed by atoms with Crippen LogP contribution in [-0.4, -0.2) is 34.9 Å². The van der Waals surface area contributed by atoms with Crippen molar-refractivity contribution in [1.29, 1.82) is 0 Å². The van der Waals surface area contributed by atoms with E-state index >= 15 is 0 Å². The maximum absolute atomic E-state index is 12.4. The van der Waals surface area contributed by atoms with Crippen molar-refractivity contribution in [3.8, 4) is 0 Å². The van der Waals surface area contributed by atoms with Gasteiger partial charge in [-0.05, 0) is 63.1 Å². The number of thioether (sulfide) groups is 1. The molecule has 0 fully saturated rings. The molecule has 2 amide bonds. The normalized spacial score (nSPS) is 13.2. The minimum absolute atomic E-state index is 0.0116. The van der Waals surface area contributed by atoms with Crippen LogP contribution < -0.4 is 10.2 Å². The van der Waals surface area contributed by atoms with Gasteiger partial charge in [0.15, 0.2) is 5.78 Å². The Balaban J connectivity index is 1.58. The average Bonchev–Trinajstić information content (AvgIpc) is 2.64. The van der Waals surface area contributed by atoms with E-state index in [9.17, 15) is 14.4 Å². The lowest BCUT2D eigenvalue weighted by molar-refractivity contribution is -0.117. The number of nitrogens with one attached hydrogen (secondary N) is 1. The van der Waals surface area contributed by atoms with Gasteiger partial charge >= 0.3 is 0 Å². The molecular formula is C21H23N3O3S. The highest BCUT2D eigenvalue weighted by molar-refractivity contribution is 8.00. The largest absolute Gasteiger partial charge is 0.326 e. The lowest BCUT2D eigenvalue weighted by atomic mass is 10.1. The molecule has 0 spiro atoms. The molecule has 1 N–H and O–H groups in total. The number of anilines is 2. The van der Waals surface area contributed by atoms with E-state index in [1.54, 1.807) is 29.2 Å². The van der Waals surface area contributed by atoms with Gasteiger partial charge in [-0.1, -0.05) is 11.8 Å². The smallest absolute Gasteiger partial charge is 0.237 e. The lowest BCUT2D eigenvalue weighted by Gasteiger charge is -2.30. The fourth-order valence-electron chi connectivity index (χ4n) is 3.20. The van der Waals surface area contributed by atoms with Crippen molar-refractivity contribution in [1.82, 2.24) is 4.98 Å². The number of carbonyl (C=O) groups is 3. The van der Waals surface area contributed by atoms with Crippen LogP contribution in [0.25, 0.3) is 0 Å². The van der Waals surface area contributed by atoms with E-state index in [1.165, 1.54) is 18.7 Å². The van der Waals surface area contributed by atoms with Gasteiger partial charge in [-0.15, -0.1) is 0 Å². The summed E-state index contributed by atoms with van der Waals surface area (Å²) >= 11 is 1.47.